The first-order valence-electron chi connectivity index (χ1n) is 8.09. The van der Waals surface area contributed by atoms with Crippen LogP contribution >= 0.6 is 0 Å². The molecule has 2 fully saturated rings. The monoisotopic (exact) mass is 301 g/mol. The maximum atomic E-state index is 12.5. The highest BCUT2D eigenvalue weighted by Gasteiger charge is 2.27. The summed E-state index contributed by atoms with van der Waals surface area (Å²) < 4.78 is 0. The standard InChI is InChI=1S/C17H23N3O2/c1-12-11-13(8-9-18-12)17(22)19-14-5-2-3-6-15(14)20-10-4-7-16(20)21/h2-3,5-6,12-13,18H,4,7-11H2,1H3,(H,19,22)/t12-,13-/m0/s1. The van der Waals surface area contributed by atoms with E-state index in [0.29, 0.717) is 12.5 Å². The van der Waals surface area contributed by atoms with Crippen molar-refractivity contribution < 1.29 is 9.59 Å². The molecular formula is C17H23N3O2. The first kappa shape index (κ1) is 15.0. The maximum Gasteiger partial charge on any atom is 0.227 e. The molecule has 2 amide bonds. The van der Waals surface area contributed by atoms with Gasteiger partial charge in [-0.15, -0.1) is 0 Å². The highest BCUT2D eigenvalue weighted by atomic mass is 16.2. The number of para-hydroxylation sites is 2. The third-order valence-corrected chi connectivity index (χ3v) is 4.52. The van der Waals surface area contributed by atoms with E-state index in [1.165, 1.54) is 0 Å². The van der Waals surface area contributed by atoms with Gasteiger partial charge in [0, 0.05) is 24.9 Å². The minimum absolute atomic E-state index is 0.0404. The Morgan fingerprint density at radius 1 is 1.36 bits per heavy atom. The molecular weight excluding hydrogens is 278 g/mol. The summed E-state index contributed by atoms with van der Waals surface area (Å²) in [6, 6.07) is 7.96. The smallest absolute Gasteiger partial charge is 0.227 e. The quantitative estimate of drug-likeness (QED) is 0.899. The second-order valence-corrected chi connectivity index (χ2v) is 6.23. The lowest BCUT2D eigenvalue weighted by Crippen LogP contribution is -2.40. The predicted molar refractivity (Wildman–Crippen MR) is 86.8 cm³/mol. The van der Waals surface area contributed by atoms with Gasteiger partial charge in [-0.05, 0) is 44.9 Å². The molecule has 2 atom stereocenters. The van der Waals surface area contributed by atoms with Gasteiger partial charge >= 0.3 is 0 Å². The number of anilines is 2. The fourth-order valence-electron chi connectivity index (χ4n) is 3.32. The molecule has 0 saturated carbocycles. The van der Waals surface area contributed by atoms with Crippen LogP contribution in [0.3, 0.4) is 0 Å². The molecule has 1 aromatic rings. The highest BCUT2D eigenvalue weighted by Crippen LogP contribution is 2.30. The van der Waals surface area contributed by atoms with Crippen LogP contribution in [0.2, 0.25) is 0 Å². The van der Waals surface area contributed by atoms with E-state index in [0.717, 1.165) is 43.7 Å². The number of hydrogen-bond acceptors (Lipinski definition) is 3. The summed E-state index contributed by atoms with van der Waals surface area (Å²) in [5, 5.41) is 6.40. The van der Waals surface area contributed by atoms with Crippen LogP contribution in [0.4, 0.5) is 11.4 Å². The van der Waals surface area contributed by atoms with E-state index >= 15 is 0 Å². The number of rotatable bonds is 3. The molecule has 0 unspecified atom stereocenters. The lowest BCUT2D eigenvalue weighted by Gasteiger charge is -2.28. The fraction of sp³-hybridized carbons (Fsp3) is 0.529. The average Bonchev–Trinajstić information content (AvgIpc) is 2.94. The van der Waals surface area contributed by atoms with Gasteiger partial charge in [0.25, 0.3) is 0 Å². The fourth-order valence-corrected chi connectivity index (χ4v) is 3.32. The molecule has 5 nitrogen and oxygen atoms in total. The van der Waals surface area contributed by atoms with Crippen molar-refractivity contribution in [3.8, 4) is 0 Å². The first-order valence-corrected chi connectivity index (χ1v) is 8.09. The first-order chi connectivity index (χ1) is 10.6. The third kappa shape index (κ3) is 3.14. The Labute approximate surface area is 131 Å². The number of carbonyl (C=O) groups excluding carboxylic acids is 2. The van der Waals surface area contributed by atoms with E-state index in [1.54, 1.807) is 4.90 Å². The van der Waals surface area contributed by atoms with Crippen LogP contribution in [0.1, 0.15) is 32.6 Å². The molecule has 0 aromatic heterocycles. The molecule has 2 heterocycles. The molecule has 2 aliphatic heterocycles. The molecule has 0 radical (unpaired) electrons. The molecule has 118 valence electrons. The van der Waals surface area contributed by atoms with Gasteiger partial charge in [0.1, 0.15) is 0 Å². The number of piperidine rings is 1. The summed E-state index contributed by atoms with van der Waals surface area (Å²) in [6.45, 7) is 3.72. The van der Waals surface area contributed by atoms with E-state index in [-0.39, 0.29) is 17.7 Å². The zero-order valence-corrected chi connectivity index (χ0v) is 13.0. The maximum absolute atomic E-state index is 12.5. The molecule has 0 spiro atoms. The molecule has 2 saturated heterocycles. The summed E-state index contributed by atoms with van der Waals surface area (Å²) in [5.74, 6) is 0.239. The molecule has 2 aliphatic rings. The minimum atomic E-state index is 0.0404. The molecule has 3 rings (SSSR count). The number of hydrogen-bond donors (Lipinski definition) is 2. The van der Waals surface area contributed by atoms with Crippen molar-refractivity contribution in [2.24, 2.45) is 5.92 Å². The van der Waals surface area contributed by atoms with E-state index < -0.39 is 0 Å². The van der Waals surface area contributed by atoms with Crippen molar-refractivity contribution in [1.29, 1.82) is 0 Å². The summed E-state index contributed by atoms with van der Waals surface area (Å²) in [6.07, 6.45) is 3.19. The SMILES string of the molecule is C[C@H]1C[C@@H](C(=O)Nc2ccccc2N2CCCC2=O)CCN1. The van der Waals surface area contributed by atoms with Crippen molar-refractivity contribution in [2.75, 3.05) is 23.3 Å². The van der Waals surface area contributed by atoms with Gasteiger partial charge in [-0.25, -0.2) is 0 Å². The van der Waals surface area contributed by atoms with Crippen LogP contribution in [0.5, 0.6) is 0 Å². The largest absolute Gasteiger partial charge is 0.324 e. The number of nitrogens with zero attached hydrogens (tertiary/aromatic N) is 1. The van der Waals surface area contributed by atoms with Crippen LogP contribution < -0.4 is 15.5 Å². The summed E-state index contributed by atoms with van der Waals surface area (Å²) in [7, 11) is 0. The van der Waals surface area contributed by atoms with E-state index in [2.05, 4.69) is 17.6 Å². The van der Waals surface area contributed by atoms with Gasteiger partial charge in [0.05, 0.1) is 11.4 Å². The average molecular weight is 301 g/mol. The van der Waals surface area contributed by atoms with Crippen molar-refractivity contribution in [3.63, 3.8) is 0 Å². The van der Waals surface area contributed by atoms with E-state index in [4.69, 9.17) is 0 Å². The van der Waals surface area contributed by atoms with Crippen LogP contribution in [0.25, 0.3) is 0 Å². The number of carbonyl (C=O) groups is 2. The van der Waals surface area contributed by atoms with Crippen molar-refractivity contribution in [3.05, 3.63) is 24.3 Å². The van der Waals surface area contributed by atoms with Gasteiger partial charge in [-0.1, -0.05) is 12.1 Å². The van der Waals surface area contributed by atoms with Gasteiger partial charge in [-0.3, -0.25) is 9.59 Å². The van der Waals surface area contributed by atoms with Gasteiger partial charge in [0.15, 0.2) is 0 Å². The van der Waals surface area contributed by atoms with Crippen LogP contribution in [-0.2, 0) is 9.59 Å². The molecule has 0 aliphatic carbocycles. The lowest BCUT2D eigenvalue weighted by atomic mass is 9.92. The molecule has 5 heteroatoms. The second kappa shape index (κ2) is 6.48. The number of nitrogens with one attached hydrogen (secondary N) is 2. The van der Waals surface area contributed by atoms with Crippen LogP contribution in [0.15, 0.2) is 24.3 Å². The Bertz CT molecular complexity index is 573. The lowest BCUT2D eigenvalue weighted by molar-refractivity contribution is -0.121. The predicted octanol–water partition coefficient (Wildman–Crippen LogP) is 2.14. The van der Waals surface area contributed by atoms with Crippen LogP contribution in [-0.4, -0.2) is 30.9 Å². The van der Waals surface area contributed by atoms with Gasteiger partial charge < -0.3 is 15.5 Å². The topological polar surface area (TPSA) is 61.4 Å². The zero-order chi connectivity index (χ0) is 15.5. The van der Waals surface area contributed by atoms with Crippen molar-refractivity contribution in [2.45, 2.75) is 38.6 Å². The highest BCUT2D eigenvalue weighted by molar-refractivity contribution is 6.02. The second-order valence-electron chi connectivity index (χ2n) is 6.23. The Kier molecular flexibility index (Phi) is 4.43. The third-order valence-electron chi connectivity index (χ3n) is 4.52. The Morgan fingerprint density at radius 2 is 2.18 bits per heavy atom. The Hall–Kier alpha value is -1.88. The summed E-state index contributed by atoms with van der Waals surface area (Å²) in [4.78, 5) is 26.3. The van der Waals surface area contributed by atoms with Crippen LogP contribution in [0, 0.1) is 5.92 Å². The summed E-state index contributed by atoms with van der Waals surface area (Å²) >= 11 is 0. The molecule has 0 bridgehead atoms. The van der Waals surface area contributed by atoms with Gasteiger partial charge in [0.2, 0.25) is 11.8 Å². The van der Waals surface area contributed by atoms with Gasteiger partial charge in [-0.2, -0.15) is 0 Å². The molecule has 1 aromatic carbocycles. The Balaban J connectivity index is 1.74. The number of benzene rings is 1. The van der Waals surface area contributed by atoms with E-state index in [1.807, 2.05) is 24.3 Å². The molecule has 22 heavy (non-hydrogen) atoms. The van der Waals surface area contributed by atoms with Crippen molar-refractivity contribution >= 4 is 23.2 Å². The number of amides is 2. The van der Waals surface area contributed by atoms with Crippen molar-refractivity contribution in [1.82, 2.24) is 5.32 Å². The zero-order valence-electron chi connectivity index (χ0n) is 13.0. The minimum Gasteiger partial charge on any atom is -0.324 e. The Morgan fingerprint density at radius 3 is 2.91 bits per heavy atom. The normalized spacial score (nSPS) is 25.3. The molecule has 2 N–H and O–H groups in total. The van der Waals surface area contributed by atoms with E-state index in [9.17, 15) is 9.59 Å². The summed E-state index contributed by atoms with van der Waals surface area (Å²) in [5.41, 5.74) is 1.56.